The maximum absolute atomic E-state index is 12.5. The molecule has 2 rings (SSSR count). The van der Waals surface area contributed by atoms with E-state index in [1.807, 2.05) is 0 Å². The zero-order valence-electron chi connectivity index (χ0n) is 10.8. The number of carbonyl (C=O) groups is 2. The standard InChI is InChI=1S/C13H19ClN2O2/c1-12(2)11(18)16(9-5-8-14)13(10(17)15-12)6-3-4-7-13/h5,8H,3-4,6-7,9H2,1-2H3,(H,15,17)/b8-5+. The van der Waals surface area contributed by atoms with Crippen LogP contribution >= 0.6 is 11.6 Å². The lowest BCUT2D eigenvalue weighted by atomic mass is 9.85. The van der Waals surface area contributed by atoms with E-state index >= 15 is 0 Å². The van der Waals surface area contributed by atoms with Crippen molar-refractivity contribution in [2.75, 3.05) is 6.54 Å². The first-order chi connectivity index (χ1) is 8.44. The van der Waals surface area contributed by atoms with Gasteiger partial charge < -0.3 is 10.2 Å². The average Bonchev–Trinajstić information content (AvgIpc) is 2.77. The van der Waals surface area contributed by atoms with Crippen molar-refractivity contribution < 1.29 is 9.59 Å². The molecule has 1 aliphatic carbocycles. The molecule has 0 aromatic heterocycles. The van der Waals surface area contributed by atoms with E-state index in [0.29, 0.717) is 6.54 Å². The van der Waals surface area contributed by atoms with Crippen molar-refractivity contribution in [3.8, 4) is 0 Å². The van der Waals surface area contributed by atoms with Gasteiger partial charge in [0.1, 0.15) is 11.1 Å². The van der Waals surface area contributed by atoms with Crippen molar-refractivity contribution in [3.05, 3.63) is 11.6 Å². The summed E-state index contributed by atoms with van der Waals surface area (Å²) in [6.07, 6.45) is 5.19. The van der Waals surface area contributed by atoms with Gasteiger partial charge in [-0.2, -0.15) is 0 Å². The molecule has 1 saturated heterocycles. The van der Waals surface area contributed by atoms with Crippen LogP contribution in [0.2, 0.25) is 0 Å². The van der Waals surface area contributed by atoms with Crippen LogP contribution in [0.5, 0.6) is 0 Å². The molecule has 4 nitrogen and oxygen atoms in total. The van der Waals surface area contributed by atoms with Gasteiger partial charge >= 0.3 is 0 Å². The molecule has 0 unspecified atom stereocenters. The van der Waals surface area contributed by atoms with E-state index in [2.05, 4.69) is 5.32 Å². The van der Waals surface area contributed by atoms with E-state index in [0.717, 1.165) is 25.7 Å². The number of carbonyl (C=O) groups excluding carboxylic acids is 2. The van der Waals surface area contributed by atoms with Gasteiger partial charge in [-0.15, -0.1) is 0 Å². The van der Waals surface area contributed by atoms with E-state index in [4.69, 9.17) is 11.6 Å². The van der Waals surface area contributed by atoms with Crippen LogP contribution in [0.15, 0.2) is 11.6 Å². The first-order valence-corrected chi connectivity index (χ1v) is 6.78. The quantitative estimate of drug-likeness (QED) is 0.832. The molecule has 18 heavy (non-hydrogen) atoms. The van der Waals surface area contributed by atoms with Gasteiger partial charge in [0.2, 0.25) is 11.8 Å². The molecule has 0 aromatic rings. The summed E-state index contributed by atoms with van der Waals surface area (Å²) < 4.78 is 0. The van der Waals surface area contributed by atoms with Gasteiger partial charge in [0.15, 0.2) is 0 Å². The Morgan fingerprint density at radius 1 is 1.33 bits per heavy atom. The Bertz CT molecular complexity index is 398. The molecule has 1 saturated carbocycles. The van der Waals surface area contributed by atoms with Gasteiger partial charge in [-0.25, -0.2) is 0 Å². The number of hydrogen-bond acceptors (Lipinski definition) is 2. The number of rotatable bonds is 2. The Kier molecular flexibility index (Phi) is 3.41. The van der Waals surface area contributed by atoms with E-state index in [9.17, 15) is 9.59 Å². The molecular formula is C13H19ClN2O2. The summed E-state index contributed by atoms with van der Waals surface area (Å²) in [4.78, 5) is 26.6. The second kappa shape index (κ2) is 4.57. The highest BCUT2D eigenvalue weighted by molar-refractivity contribution is 6.25. The summed E-state index contributed by atoms with van der Waals surface area (Å²) >= 11 is 5.55. The van der Waals surface area contributed by atoms with Gasteiger partial charge in [-0.1, -0.05) is 30.5 Å². The maximum Gasteiger partial charge on any atom is 0.248 e. The number of hydrogen-bond donors (Lipinski definition) is 1. The minimum Gasteiger partial charge on any atom is -0.340 e. The van der Waals surface area contributed by atoms with Gasteiger partial charge in [0.25, 0.3) is 0 Å². The third kappa shape index (κ3) is 1.92. The summed E-state index contributed by atoms with van der Waals surface area (Å²) in [5, 5.41) is 2.86. The summed E-state index contributed by atoms with van der Waals surface area (Å²) in [5.74, 6) is -0.0497. The topological polar surface area (TPSA) is 49.4 Å². The smallest absolute Gasteiger partial charge is 0.248 e. The second-order valence-corrected chi connectivity index (χ2v) is 5.85. The van der Waals surface area contributed by atoms with E-state index in [1.165, 1.54) is 5.54 Å². The summed E-state index contributed by atoms with van der Waals surface area (Å²) in [6, 6.07) is 0. The lowest BCUT2D eigenvalue weighted by Gasteiger charge is -2.49. The first kappa shape index (κ1) is 13.4. The Labute approximate surface area is 112 Å². The monoisotopic (exact) mass is 270 g/mol. The summed E-state index contributed by atoms with van der Waals surface area (Å²) in [6.45, 7) is 3.89. The lowest BCUT2D eigenvalue weighted by Crippen LogP contribution is -2.73. The van der Waals surface area contributed by atoms with E-state index in [1.54, 1.807) is 24.8 Å². The predicted octanol–water partition coefficient (Wildman–Crippen LogP) is 1.79. The molecule has 1 N–H and O–H groups in total. The third-order valence-electron chi connectivity index (χ3n) is 3.95. The number of halogens is 1. The Morgan fingerprint density at radius 3 is 2.50 bits per heavy atom. The molecular weight excluding hydrogens is 252 g/mol. The fraction of sp³-hybridized carbons (Fsp3) is 0.692. The Morgan fingerprint density at radius 2 is 1.94 bits per heavy atom. The lowest BCUT2D eigenvalue weighted by molar-refractivity contribution is -0.160. The van der Waals surface area contributed by atoms with Gasteiger partial charge in [-0.05, 0) is 26.7 Å². The molecule has 0 bridgehead atoms. The largest absolute Gasteiger partial charge is 0.340 e. The van der Waals surface area contributed by atoms with Crippen molar-refractivity contribution in [1.29, 1.82) is 0 Å². The van der Waals surface area contributed by atoms with Crippen LogP contribution < -0.4 is 5.32 Å². The number of nitrogens with zero attached hydrogens (tertiary/aromatic N) is 1. The predicted molar refractivity (Wildman–Crippen MR) is 70.1 cm³/mol. The van der Waals surface area contributed by atoms with Crippen LogP contribution in [-0.2, 0) is 9.59 Å². The van der Waals surface area contributed by atoms with Crippen LogP contribution in [0, 0.1) is 0 Å². The molecule has 100 valence electrons. The number of amides is 2. The fourth-order valence-electron chi connectivity index (χ4n) is 2.97. The van der Waals surface area contributed by atoms with E-state index < -0.39 is 11.1 Å². The molecule has 1 aliphatic heterocycles. The van der Waals surface area contributed by atoms with Crippen molar-refractivity contribution >= 4 is 23.4 Å². The number of nitrogens with one attached hydrogen (secondary N) is 1. The minimum atomic E-state index is -0.828. The first-order valence-electron chi connectivity index (χ1n) is 6.34. The van der Waals surface area contributed by atoms with E-state index in [-0.39, 0.29) is 11.8 Å². The van der Waals surface area contributed by atoms with Crippen molar-refractivity contribution in [2.45, 2.75) is 50.6 Å². The molecule has 0 aromatic carbocycles. The minimum absolute atomic E-state index is 0.0208. The normalized spacial score (nSPS) is 26.1. The highest BCUT2D eigenvalue weighted by Gasteiger charge is 2.55. The zero-order valence-corrected chi connectivity index (χ0v) is 11.6. The molecule has 2 amide bonds. The van der Waals surface area contributed by atoms with Crippen LogP contribution in [0.4, 0.5) is 0 Å². The Balaban J connectivity index is 2.37. The molecule has 2 aliphatic rings. The number of piperazine rings is 1. The van der Waals surface area contributed by atoms with Crippen molar-refractivity contribution in [2.24, 2.45) is 0 Å². The SMILES string of the molecule is CC1(C)NC(=O)C2(CCCC2)N(C/C=C/Cl)C1=O. The van der Waals surface area contributed by atoms with Crippen LogP contribution in [0.1, 0.15) is 39.5 Å². The van der Waals surface area contributed by atoms with Gasteiger partial charge in [0.05, 0.1) is 0 Å². The molecule has 1 heterocycles. The average molecular weight is 271 g/mol. The Hall–Kier alpha value is -1.03. The highest BCUT2D eigenvalue weighted by atomic mass is 35.5. The molecule has 0 atom stereocenters. The maximum atomic E-state index is 12.5. The summed E-state index contributed by atoms with van der Waals surface area (Å²) in [5.41, 5.74) is -0.0798. The third-order valence-corrected chi connectivity index (χ3v) is 4.13. The summed E-state index contributed by atoms with van der Waals surface area (Å²) in [7, 11) is 0. The molecule has 2 fully saturated rings. The molecule has 5 heteroatoms. The molecule has 1 spiro atoms. The van der Waals surface area contributed by atoms with Gasteiger partial charge in [-0.3, -0.25) is 9.59 Å². The van der Waals surface area contributed by atoms with Gasteiger partial charge in [0, 0.05) is 12.1 Å². The van der Waals surface area contributed by atoms with Crippen LogP contribution in [0.3, 0.4) is 0 Å². The van der Waals surface area contributed by atoms with Crippen molar-refractivity contribution in [3.63, 3.8) is 0 Å². The fourth-order valence-corrected chi connectivity index (χ4v) is 3.05. The second-order valence-electron chi connectivity index (χ2n) is 5.60. The molecule has 0 radical (unpaired) electrons. The van der Waals surface area contributed by atoms with Crippen LogP contribution in [0.25, 0.3) is 0 Å². The van der Waals surface area contributed by atoms with Crippen molar-refractivity contribution in [1.82, 2.24) is 10.2 Å². The zero-order chi connectivity index (χ0) is 13.4. The highest BCUT2D eigenvalue weighted by Crippen LogP contribution is 2.39. The van der Waals surface area contributed by atoms with Crippen LogP contribution in [-0.4, -0.2) is 34.3 Å².